The van der Waals surface area contributed by atoms with Crippen LogP contribution in [-0.4, -0.2) is 61.2 Å². The lowest BCUT2D eigenvalue weighted by Gasteiger charge is -2.36. The number of benzene rings is 2. The Bertz CT molecular complexity index is 1050. The third-order valence-electron chi connectivity index (χ3n) is 6.97. The normalized spacial score (nSPS) is 20.1. The van der Waals surface area contributed by atoms with Gasteiger partial charge in [-0.2, -0.15) is 0 Å². The molecule has 0 radical (unpaired) electrons. The van der Waals surface area contributed by atoms with Crippen molar-refractivity contribution in [3.8, 4) is 0 Å². The summed E-state index contributed by atoms with van der Waals surface area (Å²) in [5.74, 6) is 0.144. The van der Waals surface area contributed by atoms with Gasteiger partial charge in [-0.3, -0.25) is 9.59 Å². The van der Waals surface area contributed by atoms with Crippen molar-refractivity contribution < 1.29 is 19.4 Å². The van der Waals surface area contributed by atoms with Crippen LogP contribution in [0.5, 0.6) is 0 Å². The summed E-state index contributed by atoms with van der Waals surface area (Å²) in [6.07, 6.45) is 4.72. The van der Waals surface area contributed by atoms with Crippen LogP contribution in [0.3, 0.4) is 0 Å². The van der Waals surface area contributed by atoms with E-state index in [0.717, 1.165) is 23.4 Å². The van der Waals surface area contributed by atoms with E-state index in [1.165, 1.54) is 5.56 Å². The molecule has 0 saturated carbocycles. The van der Waals surface area contributed by atoms with Crippen LogP contribution < -0.4 is 10.2 Å². The molecule has 2 aliphatic heterocycles. The van der Waals surface area contributed by atoms with Gasteiger partial charge in [-0.25, -0.2) is 0 Å². The van der Waals surface area contributed by atoms with Crippen molar-refractivity contribution in [1.29, 1.82) is 0 Å². The van der Waals surface area contributed by atoms with Crippen LogP contribution in [0.4, 0.5) is 5.69 Å². The Kier molecular flexibility index (Phi) is 8.33. The minimum atomic E-state index is -0.184. The van der Waals surface area contributed by atoms with Crippen LogP contribution >= 0.6 is 0 Å². The molecular weight excluding hydrogens is 442 g/mol. The molecule has 2 amide bonds. The molecule has 7 heteroatoms. The van der Waals surface area contributed by atoms with Gasteiger partial charge < -0.3 is 25.0 Å². The van der Waals surface area contributed by atoms with E-state index < -0.39 is 0 Å². The molecule has 0 unspecified atom stereocenters. The molecule has 2 N–H and O–H groups in total. The molecule has 2 aromatic carbocycles. The summed E-state index contributed by atoms with van der Waals surface area (Å²) in [7, 11) is 1.69. The molecule has 2 heterocycles. The lowest BCUT2D eigenvalue weighted by molar-refractivity contribution is -0.134. The summed E-state index contributed by atoms with van der Waals surface area (Å²) < 4.78 is 5.78. The van der Waals surface area contributed by atoms with Crippen molar-refractivity contribution in [2.24, 2.45) is 5.92 Å². The van der Waals surface area contributed by atoms with Crippen LogP contribution in [0, 0.1) is 5.92 Å². The number of fused-ring (bicyclic) bond motifs is 1. The second kappa shape index (κ2) is 11.6. The lowest BCUT2D eigenvalue weighted by atomic mass is 9.93. The van der Waals surface area contributed by atoms with Gasteiger partial charge >= 0.3 is 0 Å². The highest BCUT2D eigenvalue weighted by atomic mass is 16.5. The summed E-state index contributed by atoms with van der Waals surface area (Å²) in [5, 5.41) is 12.9. The van der Waals surface area contributed by atoms with Crippen molar-refractivity contribution >= 4 is 17.5 Å². The number of aliphatic hydroxyl groups is 1. The van der Waals surface area contributed by atoms with Crippen LogP contribution in [0.25, 0.3) is 0 Å². The molecule has 35 heavy (non-hydrogen) atoms. The van der Waals surface area contributed by atoms with Gasteiger partial charge in [0.25, 0.3) is 0 Å². The quantitative estimate of drug-likeness (QED) is 0.572. The molecule has 4 rings (SSSR count). The van der Waals surface area contributed by atoms with E-state index in [-0.39, 0.29) is 42.9 Å². The monoisotopic (exact) mass is 477 g/mol. The number of amides is 2. The number of ether oxygens (including phenoxy) is 1. The molecule has 2 aromatic rings. The highest BCUT2D eigenvalue weighted by Crippen LogP contribution is 2.29. The molecule has 0 spiro atoms. The van der Waals surface area contributed by atoms with Crippen molar-refractivity contribution in [1.82, 2.24) is 10.2 Å². The first kappa shape index (κ1) is 25.1. The van der Waals surface area contributed by atoms with Gasteiger partial charge in [0, 0.05) is 44.8 Å². The Morgan fingerprint density at radius 1 is 1.20 bits per heavy atom. The molecular formula is C28H35N3O4. The number of hydrogen-bond acceptors (Lipinski definition) is 5. The minimum absolute atomic E-state index is 0.0148. The highest BCUT2D eigenvalue weighted by Gasteiger charge is 2.28. The van der Waals surface area contributed by atoms with Crippen LogP contribution in [0.1, 0.15) is 36.1 Å². The Morgan fingerprint density at radius 3 is 2.63 bits per heavy atom. The summed E-state index contributed by atoms with van der Waals surface area (Å²) in [5.41, 5.74) is 4.27. The predicted molar refractivity (Wildman–Crippen MR) is 136 cm³/mol. The summed E-state index contributed by atoms with van der Waals surface area (Å²) in [6, 6.07) is 15.9. The number of rotatable bonds is 8. The molecule has 1 fully saturated rings. The molecule has 0 aliphatic carbocycles. The first-order valence-corrected chi connectivity index (χ1v) is 12.3. The SMILES string of the molecule is CO[C@H](c1ccc(N2CCNCC2=O)cc1)[C@H](C)/C=C/CC(=O)N1Cc2ccccc2C[C@H]1CO. The fourth-order valence-corrected chi connectivity index (χ4v) is 5.02. The minimum Gasteiger partial charge on any atom is -0.394 e. The van der Waals surface area contributed by atoms with Crippen molar-refractivity contribution in [2.75, 3.05) is 38.3 Å². The molecule has 2 aliphatic rings. The maximum absolute atomic E-state index is 13.0. The van der Waals surface area contributed by atoms with E-state index in [9.17, 15) is 14.7 Å². The van der Waals surface area contributed by atoms with Gasteiger partial charge in [-0.15, -0.1) is 0 Å². The Labute approximate surface area is 207 Å². The van der Waals surface area contributed by atoms with Crippen LogP contribution in [-0.2, 0) is 27.3 Å². The zero-order valence-corrected chi connectivity index (χ0v) is 20.5. The Morgan fingerprint density at radius 2 is 1.94 bits per heavy atom. The maximum atomic E-state index is 13.0. The van der Waals surface area contributed by atoms with Gasteiger partial charge in [0.1, 0.15) is 0 Å². The number of anilines is 1. The Balaban J connectivity index is 1.37. The first-order valence-electron chi connectivity index (χ1n) is 12.3. The van der Waals surface area contributed by atoms with Crippen molar-refractivity contribution in [3.05, 3.63) is 77.4 Å². The molecule has 7 nitrogen and oxygen atoms in total. The van der Waals surface area contributed by atoms with Crippen molar-refractivity contribution in [2.45, 2.75) is 38.5 Å². The molecule has 0 aromatic heterocycles. The maximum Gasteiger partial charge on any atom is 0.240 e. The van der Waals surface area contributed by atoms with Gasteiger partial charge in [0.05, 0.1) is 25.3 Å². The van der Waals surface area contributed by atoms with E-state index in [2.05, 4.69) is 18.3 Å². The third-order valence-corrected chi connectivity index (χ3v) is 6.97. The lowest BCUT2D eigenvalue weighted by Crippen LogP contribution is -2.48. The second-order valence-electron chi connectivity index (χ2n) is 9.29. The van der Waals surface area contributed by atoms with Gasteiger partial charge in [-0.1, -0.05) is 55.5 Å². The van der Waals surface area contributed by atoms with Crippen LogP contribution in [0.2, 0.25) is 0 Å². The summed E-state index contributed by atoms with van der Waals surface area (Å²) in [4.78, 5) is 28.7. The van der Waals surface area contributed by atoms with E-state index >= 15 is 0 Å². The number of nitrogens with zero attached hydrogens (tertiary/aromatic N) is 2. The zero-order chi connectivity index (χ0) is 24.8. The summed E-state index contributed by atoms with van der Waals surface area (Å²) >= 11 is 0. The number of piperazine rings is 1. The number of carbonyl (C=O) groups excluding carboxylic acids is 2. The van der Waals surface area contributed by atoms with Crippen LogP contribution in [0.15, 0.2) is 60.7 Å². The number of nitrogens with one attached hydrogen (secondary N) is 1. The molecule has 0 bridgehead atoms. The van der Waals surface area contributed by atoms with Gasteiger partial charge in [0.15, 0.2) is 0 Å². The standard InChI is InChI=1S/C28H35N3O4/c1-20(28(35-2)21-10-12-24(13-11-21)30-15-14-29-17-27(30)34)6-5-9-26(33)31-18-23-8-4-3-7-22(23)16-25(31)19-32/h3-8,10-13,20,25,28-29,32H,9,14-19H2,1-2H3/b6-5+/t20-,25+,28+/m1/s1. The fourth-order valence-electron chi connectivity index (χ4n) is 5.02. The smallest absolute Gasteiger partial charge is 0.240 e. The van der Waals surface area contributed by atoms with Gasteiger partial charge in [0.2, 0.25) is 11.8 Å². The number of methoxy groups -OCH3 is 1. The molecule has 186 valence electrons. The largest absolute Gasteiger partial charge is 0.394 e. The summed E-state index contributed by atoms with van der Waals surface area (Å²) in [6.45, 7) is 4.38. The average molecular weight is 478 g/mol. The first-order chi connectivity index (χ1) is 17.0. The van der Waals surface area contributed by atoms with Gasteiger partial charge in [-0.05, 0) is 35.2 Å². The fraction of sp³-hybridized carbons (Fsp3) is 0.429. The third kappa shape index (κ3) is 5.81. The second-order valence-corrected chi connectivity index (χ2v) is 9.29. The van der Waals surface area contributed by atoms with E-state index in [0.29, 0.717) is 26.1 Å². The number of hydrogen-bond donors (Lipinski definition) is 2. The van der Waals surface area contributed by atoms with E-state index in [1.54, 1.807) is 16.9 Å². The molecule has 1 saturated heterocycles. The highest BCUT2D eigenvalue weighted by molar-refractivity contribution is 5.95. The topological polar surface area (TPSA) is 82.1 Å². The number of aliphatic hydroxyl groups excluding tert-OH is 1. The Hall–Kier alpha value is -3.00. The van der Waals surface area contributed by atoms with E-state index in [1.807, 2.05) is 54.6 Å². The molecule has 3 atom stereocenters. The van der Waals surface area contributed by atoms with Crippen molar-refractivity contribution in [3.63, 3.8) is 0 Å². The van der Waals surface area contributed by atoms with E-state index in [4.69, 9.17) is 4.74 Å². The zero-order valence-electron chi connectivity index (χ0n) is 20.5. The predicted octanol–water partition coefficient (Wildman–Crippen LogP) is 2.84. The number of carbonyl (C=O) groups is 2. The average Bonchev–Trinajstić information content (AvgIpc) is 2.89.